The maximum atomic E-state index is 12.7. The van der Waals surface area contributed by atoms with Crippen LogP contribution in [0.4, 0.5) is 0 Å². The number of nitrogens with one attached hydrogen (secondary N) is 1. The number of carbonyl (C=O) groups is 1. The number of fused-ring (bicyclic) bond motifs is 2. The Morgan fingerprint density at radius 3 is 2.48 bits per heavy atom. The quantitative estimate of drug-likeness (QED) is 0.814. The molecule has 2 fully saturated rings. The van der Waals surface area contributed by atoms with Gasteiger partial charge >= 0.3 is 0 Å². The van der Waals surface area contributed by atoms with E-state index in [2.05, 4.69) is 43.1 Å². The molecule has 3 heterocycles. The second-order valence-electron chi connectivity index (χ2n) is 8.99. The standard InChI is InChI=1S/C24H34N2O3/c1-14-15(2)23(28-5)9-8-21(14)16(3)26-19-6-7-20(26)13-18(12-19)25-24(27)22-10-11-29-17(22)4/h8-11,16-20,22H,6-7,12-13H2,1-5H3,(H,25,27). The molecule has 0 aromatic heterocycles. The van der Waals surface area contributed by atoms with Gasteiger partial charge in [0.1, 0.15) is 11.9 Å². The molecular formula is C24H34N2O3. The summed E-state index contributed by atoms with van der Waals surface area (Å²) < 4.78 is 10.9. The van der Waals surface area contributed by atoms with Crippen LogP contribution in [0, 0.1) is 19.8 Å². The van der Waals surface area contributed by atoms with Crippen molar-refractivity contribution in [3.63, 3.8) is 0 Å². The van der Waals surface area contributed by atoms with Crippen LogP contribution in [0.25, 0.3) is 0 Å². The average molecular weight is 399 g/mol. The molecule has 3 aliphatic heterocycles. The fourth-order valence-corrected chi connectivity index (χ4v) is 5.71. The number of ether oxygens (including phenoxy) is 2. The average Bonchev–Trinajstić information content (AvgIpc) is 3.24. The molecule has 1 amide bonds. The lowest BCUT2D eigenvalue weighted by molar-refractivity contribution is -0.126. The van der Waals surface area contributed by atoms with Gasteiger partial charge in [0.05, 0.1) is 19.3 Å². The van der Waals surface area contributed by atoms with Crippen molar-refractivity contribution in [2.24, 2.45) is 5.92 Å². The summed E-state index contributed by atoms with van der Waals surface area (Å²) >= 11 is 0. The van der Waals surface area contributed by atoms with Crippen molar-refractivity contribution in [1.82, 2.24) is 10.2 Å². The van der Waals surface area contributed by atoms with Gasteiger partial charge in [-0.1, -0.05) is 6.07 Å². The molecule has 1 aromatic carbocycles. The zero-order valence-electron chi connectivity index (χ0n) is 18.3. The number of piperidine rings is 1. The summed E-state index contributed by atoms with van der Waals surface area (Å²) in [4.78, 5) is 15.4. The molecule has 2 bridgehead atoms. The lowest BCUT2D eigenvalue weighted by Gasteiger charge is -2.43. The van der Waals surface area contributed by atoms with Crippen molar-refractivity contribution in [3.8, 4) is 5.75 Å². The van der Waals surface area contributed by atoms with Crippen LogP contribution in [-0.4, -0.2) is 42.1 Å². The summed E-state index contributed by atoms with van der Waals surface area (Å²) in [6.45, 7) is 8.64. The van der Waals surface area contributed by atoms with Crippen LogP contribution < -0.4 is 10.1 Å². The van der Waals surface area contributed by atoms with E-state index in [0.717, 1.165) is 18.6 Å². The molecule has 0 aliphatic carbocycles. The van der Waals surface area contributed by atoms with Crippen molar-refractivity contribution in [3.05, 3.63) is 41.2 Å². The molecule has 1 N–H and O–H groups in total. The third-order valence-corrected chi connectivity index (χ3v) is 7.42. The number of hydrogen-bond acceptors (Lipinski definition) is 4. The molecule has 5 nitrogen and oxygen atoms in total. The van der Waals surface area contributed by atoms with Gasteiger partial charge in [-0.15, -0.1) is 0 Å². The van der Waals surface area contributed by atoms with Gasteiger partial charge in [0.25, 0.3) is 0 Å². The Labute approximate surface area is 174 Å². The summed E-state index contributed by atoms with van der Waals surface area (Å²) in [6, 6.07) is 6.03. The molecule has 158 valence electrons. The van der Waals surface area contributed by atoms with Gasteiger partial charge in [0.15, 0.2) is 0 Å². The van der Waals surface area contributed by atoms with Crippen LogP contribution in [-0.2, 0) is 9.53 Å². The first-order chi connectivity index (χ1) is 13.9. The molecule has 29 heavy (non-hydrogen) atoms. The van der Waals surface area contributed by atoms with Crippen LogP contribution >= 0.6 is 0 Å². The van der Waals surface area contributed by atoms with Crippen LogP contribution in [0.15, 0.2) is 24.5 Å². The molecule has 5 atom stereocenters. The second kappa shape index (κ2) is 8.02. The number of rotatable bonds is 5. The summed E-state index contributed by atoms with van der Waals surface area (Å²) in [7, 11) is 1.73. The van der Waals surface area contributed by atoms with E-state index in [0.29, 0.717) is 18.1 Å². The maximum absolute atomic E-state index is 12.7. The highest BCUT2D eigenvalue weighted by atomic mass is 16.5. The molecule has 4 rings (SSSR count). The molecule has 3 aliphatic rings. The maximum Gasteiger partial charge on any atom is 0.231 e. The molecule has 0 radical (unpaired) electrons. The third kappa shape index (κ3) is 3.65. The van der Waals surface area contributed by atoms with E-state index in [1.807, 2.05) is 13.0 Å². The van der Waals surface area contributed by atoms with Crippen molar-refractivity contribution >= 4 is 5.91 Å². The van der Waals surface area contributed by atoms with Crippen LogP contribution in [0.1, 0.15) is 62.3 Å². The van der Waals surface area contributed by atoms with E-state index in [9.17, 15) is 4.79 Å². The number of hydrogen-bond donors (Lipinski definition) is 1. The summed E-state index contributed by atoms with van der Waals surface area (Å²) in [5.41, 5.74) is 3.95. The minimum absolute atomic E-state index is 0.0619. The lowest BCUT2D eigenvalue weighted by atomic mass is 9.90. The van der Waals surface area contributed by atoms with E-state index in [-0.39, 0.29) is 24.0 Å². The van der Waals surface area contributed by atoms with Crippen LogP contribution in [0.5, 0.6) is 5.75 Å². The molecule has 5 heteroatoms. The smallest absolute Gasteiger partial charge is 0.231 e. The van der Waals surface area contributed by atoms with E-state index in [1.165, 1.54) is 29.5 Å². The van der Waals surface area contributed by atoms with E-state index in [4.69, 9.17) is 9.47 Å². The molecule has 1 aromatic rings. The first kappa shape index (κ1) is 20.3. The van der Waals surface area contributed by atoms with Gasteiger partial charge in [-0.25, -0.2) is 0 Å². The molecular weight excluding hydrogens is 364 g/mol. The van der Waals surface area contributed by atoms with Crippen molar-refractivity contribution in [1.29, 1.82) is 0 Å². The Balaban J connectivity index is 1.45. The third-order valence-electron chi connectivity index (χ3n) is 7.42. The summed E-state index contributed by atoms with van der Waals surface area (Å²) in [5, 5.41) is 3.31. The van der Waals surface area contributed by atoms with Crippen molar-refractivity contribution in [2.45, 2.75) is 83.6 Å². The van der Waals surface area contributed by atoms with Gasteiger partial charge in [-0.2, -0.15) is 0 Å². The van der Waals surface area contributed by atoms with Gasteiger partial charge < -0.3 is 14.8 Å². The number of amides is 1. The van der Waals surface area contributed by atoms with E-state index in [1.54, 1.807) is 13.4 Å². The van der Waals surface area contributed by atoms with Gasteiger partial charge in [-0.05, 0) is 82.2 Å². The van der Waals surface area contributed by atoms with Crippen LogP contribution in [0.2, 0.25) is 0 Å². The monoisotopic (exact) mass is 398 g/mol. The SMILES string of the molecule is COc1ccc(C(C)N2C3CCC2CC(NC(=O)C2C=COC2C)C3)c(C)c1C. The Hall–Kier alpha value is -2.01. The zero-order valence-corrected chi connectivity index (χ0v) is 18.3. The first-order valence-electron chi connectivity index (χ1n) is 10.9. The molecule has 2 saturated heterocycles. The Morgan fingerprint density at radius 2 is 1.90 bits per heavy atom. The Kier molecular flexibility index (Phi) is 5.60. The molecule has 0 saturated carbocycles. The number of methoxy groups -OCH3 is 1. The molecule has 5 unspecified atom stereocenters. The van der Waals surface area contributed by atoms with Gasteiger partial charge in [-0.3, -0.25) is 9.69 Å². The van der Waals surface area contributed by atoms with E-state index >= 15 is 0 Å². The predicted molar refractivity (Wildman–Crippen MR) is 114 cm³/mol. The predicted octanol–water partition coefficient (Wildman–Crippen LogP) is 4.03. The lowest BCUT2D eigenvalue weighted by Crippen LogP contribution is -2.52. The molecule has 0 spiro atoms. The minimum atomic E-state index is -0.158. The number of benzene rings is 1. The fourth-order valence-electron chi connectivity index (χ4n) is 5.71. The second-order valence-corrected chi connectivity index (χ2v) is 8.99. The van der Waals surface area contributed by atoms with Crippen molar-refractivity contribution in [2.75, 3.05) is 7.11 Å². The zero-order chi connectivity index (χ0) is 20.7. The summed E-state index contributed by atoms with van der Waals surface area (Å²) in [5.74, 6) is 0.912. The number of nitrogens with zero attached hydrogens (tertiary/aromatic N) is 1. The normalized spacial score (nSPS) is 32.1. The first-order valence-corrected chi connectivity index (χ1v) is 10.9. The van der Waals surface area contributed by atoms with E-state index < -0.39 is 0 Å². The number of carbonyl (C=O) groups excluding carboxylic acids is 1. The topological polar surface area (TPSA) is 50.8 Å². The van der Waals surface area contributed by atoms with Crippen molar-refractivity contribution < 1.29 is 14.3 Å². The van der Waals surface area contributed by atoms with Gasteiger partial charge in [0, 0.05) is 24.2 Å². The Morgan fingerprint density at radius 1 is 1.21 bits per heavy atom. The highest BCUT2D eigenvalue weighted by molar-refractivity contribution is 5.81. The highest BCUT2D eigenvalue weighted by Gasteiger charge is 2.44. The summed E-state index contributed by atoms with van der Waals surface area (Å²) in [6.07, 6.45) is 7.98. The largest absolute Gasteiger partial charge is 0.497 e. The van der Waals surface area contributed by atoms with Crippen LogP contribution in [0.3, 0.4) is 0 Å². The minimum Gasteiger partial charge on any atom is -0.497 e. The highest BCUT2D eigenvalue weighted by Crippen LogP contribution is 2.43. The van der Waals surface area contributed by atoms with Gasteiger partial charge in [0.2, 0.25) is 5.91 Å². The Bertz CT molecular complexity index is 792. The fraction of sp³-hybridized carbons (Fsp3) is 0.625.